The van der Waals surface area contributed by atoms with Crippen molar-refractivity contribution >= 4 is 5.91 Å². The van der Waals surface area contributed by atoms with E-state index in [4.69, 9.17) is 14.0 Å². The van der Waals surface area contributed by atoms with Crippen molar-refractivity contribution in [1.29, 1.82) is 0 Å². The summed E-state index contributed by atoms with van der Waals surface area (Å²) in [6.45, 7) is 5.73. The molecule has 0 aliphatic carbocycles. The Bertz CT molecular complexity index is 513. The van der Waals surface area contributed by atoms with Gasteiger partial charge in [0.2, 0.25) is 11.8 Å². The van der Waals surface area contributed by atoms with Crippen molar-refractivity contribution in [3.05, 3.63) is 11.7 Å². The number of rotatable bonds is 6. The van der Waals surface area contributed by atoms with E-state index in [1.165, 1.54) is 0 Å². The van der Waals surface area contributed by atoms with Gasteiger partial charge in [-0.25, -0.2) is 0 Å². The van der Waals surface area contributed by atoms with Crippen molar-refractivity contribution in [2.24, 2.45) is 5.92 Å². The summed E-state index contributed by atoms with van der Waals surface area (Å²) >= 11 is 0. The van der Waals surface area contributed by atoms with Gasteiger partial charge in [-0.3, -0.25) is 4.79 Å². The highest BCUT2D eigenvalue weighted by Crippen LogP contribution is 2.26. The van der Waals surface area contributed by atoms with E-state index in [0.717, 1.165) is 63.7 Å². The molecule has 2 aliphatic rings. The molecule has 7 heteroatoms. The van der Waals surface area contributed by atoms with E-state index < -0.39 is 0 Å². The van der Waals surface area contributed by atoms with Crippen LogP contribution in [0.2, 0.25) is 0 Å². The van der Waals surface area contributed by atoms with E-state index in [2.05, 4.69) is 10.1 Å². The monoisotopic (exact) mass is 323 g/mol. The van der Waals surface area contributed by atoms with Crippen LogP contribution in [0.15, 0.2) is 4.52 Å². The van der Waals surface area contributed by atoms with Crippen LogP contribution in [-0.2, 0) is 20.7 Å². The number of nitrogens with zero attached hydrogens (tertiary/aromatic N) is 3. The standard InChI is InChI=1S/C16H25N3O4/c1-2-21-11-15(20)19-6-3-12(10-19)9-14-17-16(23-18-14)13-4-7-22-8-5-13/h12-13H,2-11H2,1H3. The van der Waals surface area contributed by atoms with Gasteiger partial charge in [0.15, 0.2) is 5.82 Å². The summed E-state index contributed by atoms with van der Waals surface area (Å²) in [5, 5.41) is 4.12. The van der Waals surface area contributed by atoms with Crippen LogP contribution in [0.1, 0.15) is 43.8 Å². The zero-order valence-corrected chi connectivity index (χ0v) is 13.7. The molecular weight excluding hydrogens is 298 g/mol. The molecular formula is C16H25N3O4. The Balaban J connectivity index is 1.48. The van der Waals surface area contributed by atoms with Gasteiger partial charge in [-0.1, -0.05) is 5.16 Å². The highest BCUT2D eigenvalue weighted by Gasteiger charge is 2.28. The molecule has 23 heavy (non-hydrogen) atoms. The summed E-state index contributed by atoms with van der Waals surface area (Å²) in [5.41, 5.74) is 0. The molecule has 0 N–H and O–H groups in total. The minimum atomic E-state index is 0.0744. The van der Waals surface area contributed by atoms with Gasteiger partial charge in [-0.05, 0) is 32.1 Å². The third-order valence-corrected chi connectivity index (χ3v) is 4.59. The number of carbonyl (C=O) groups is 1. The number of likely N-dealkylation sites (tertiary alicyclic amines) is 1. The Kier molecular flexibility index (Phi) is 5.61. The number of aromatic nitrogens is 2. The van der Waals surface area contributed by atoms with Gasteiger partial charge in [0, 0.05) is 45.2 Å². The number of ether oxygens (including phenoxy) is 2. The van der Waals surface area contributed by atoms with E-state index >= 15 is 0 Å². The molecule has 2 aliphatic heterocycles. The van der Waals surface area contributed by atoms with Crippen molar-refractivity contribution in [2.45, 2.75) is 38.5 Å². The zero-order valence-electron chi connectivity index (χ0n) is 13.7. The van der Waals surface area contributed by atoms with Crippen LogP contribution in [0, 0.1) is 5.92 Å². The Labute approximate surface area is 136 Å². The van der Waals surface area contributed by atoms with E-state index in [9.17, 15) is 4.79 Å². The van der Waals surface area contributed by atoms with Crippen molar-refractivity contribution in [1.82, 2.24) is 15.0 Å². The van der Waals surface area contributed by atoms with Crippen LogP contribution in [0.3, 0.4) is 0 Å². The summed E-state index contributed by atoms with van der Waals surface area (Å²) < 4.78 is 16.0. The van der Waals surface area contributed by atoms with E-state index in [0.29, 0.717) is 18.4 Å². The lowest BCUT2D eigenvalue weighted by atomic mass is 10.0. The normalized spacial score (nSPS) is 22.7. The van der Waals surface area contributed by atoms with Gasteiger partial charge >= 0.3 is 0 Å². The van der Waals surface area contributed by atoms with E-state index in [1.54, 1.807) is 0 Å². The van der Waals surface area contributed by atoms with Crippen molar-refractivity contribution < 1.29 is 18.8 Å². The zero-order chi connectivity index (χ0) is 16.1. The Morgan fingerprint density at radius 2 is 2.17 bits per heavy atom. The summed E-state index contributed by atoms with van der Waals surface area (Å²) in [5.74, 6) is 2.31. The average molecular weight is 323 g/mol. The molecule has 7 nitrogen and oxygen atoms in total. The molecule has 0 saturated carbocycles. The molecule has 1 unspecified atom stereocenters. The topological polar surface area (TPSA) is 77.7 Å². The Hall–Kier alpha value is -1.47. The van der Waals surface area contributed by atoms with Gasteiger partial charge in [0.25, 0.3) is 0 Å². The Morgan fingerprint density at radius 3 is 2.96 bits per heavy atom. The lowest BCUT2D eigenvalue weighted by Crippen LogP contribution is -2.32. The first-order valence-electron chi connectivity index (χ1n) is 8.52. The van der Waals surface area contributed by atoms with Gasteiger partial charge in [-0.2, -0.15) is 4.98 Å². The summed E-state index contributed by atoms with van der Waals surface area (Å²) in [6.07, 6.45) is 3.65. The van der Waals surface area contributed by atoms with E-state index in [1.807, 2.05) is 11.8 Å². The van der Waals surface area contributed by atoms with Crippen LogP contribution < -0.4 is 0 Å². The third kappa shape index (κ3) is 4.29. The van der Waals surface area contributed by atoms with E-state index in [-0.39, 0.29) is 12.5 Å². The molecule has 1 aromatic rings. The first-order valence-corrected chi connectivity index (χ1v) is 8.52. The molecule has 2 saturated heterocycles. The first-order chi connectivity index (χ1) is 11.3. The molecule has 128 valence electrons. The van der Waals surface area contributed by atoms with Gasteiger partial charge < -0.3 is 18.9 Å². The minimum absolute atomic E-state index is 0.0744. The highest BCUT2D eigenvalue weighted by atomic mass is 16.5. The fourth-order valence-corrected chi connectivity index (χ4v) is 3.23. The molecule has 1 atom stereocenters. The number of amides is 1. The summed E-state index contributed by atoms with van der Waals surface area (Å²) in [6, 6.07) is 0. The smallest absolute Gasteiger partial charge is 0.248 e. The second-order valence-corrected chi connectivity index (χ2v) is 6.27. The number of carbonyl (C=O) groups excluding carboxylic acids is 1. The number of hydrogen-bond donors (Lipinski definition) is 0. The largest absolute Gasteiger partial charge is 0.381 e. The summed E-state index contributed by atoms with van der Waals surface area (Å²) in [4.78, 5) is 18.4. The predicted molar refractivity (Wildman–Crippen MR) is 82.0 cm³/mol. The molecule has 3 heterocycles. The van der Waals surface area contributed by atoms with Crippen LogP contribution in [0.4, 0.5) is 0 Å². The molecule has 0 aromatic carbocycles. The second kappa shape index (κ2) is 7.88. The summed E-state index contributed by atoms with van der Waals surface area (Å²) in [7, 11) is 0. The fourth-order valence-electron chi connectivity index (χ4n) is 3.23. The molecule has 1 aromatic heterocycles. The minimum Gasteiger partial charge on any atom is -0.381 e. The number of hydrogen-bond acceptors (Lipinski definition) is 6. The maximum Gasteiger partial charge on any atom is 0.248 e. The fraction of sp³-hybridized carbons (Fsp3) is 0.812. The van der Waals surface area contributed by atoms with Crippen LogP contribution >= 0.6 is 0 Å². The quantitative estimate of drug-likeness (QED) is 0.787. The van der Waals surface area contributed by atoms with Crippen LogP contribution in [-0.4, -0.2) is 60.5 Å². The maximum absolute atomic E-state index is 12.0. The molecule has 3 rings (SSSR count). The second-order valence-electron chi connectivity index (χ2n) is 6.27. The predicted octanol–water partition coefficient (Wildman–Crippen LogP) is 1.39. The first kappa shape index (κ1) is 16.4. The Morgan fingerprint density at radius 1 is 1.35 bits per heavy atom. The molecule has 0 bridgehead atoms. The highest BCUT2D eigenvalue weighted by molar-refractivity contribution is 5.77. The molecule has 0 spiro atoms. The third-order valence-electron chi connectivity index (χ3n) is 4.59. The molecule has 2 fully saturated rings. The van der Waals surface area contributed by atoms with Crippen molar-refractivity contribution in [3.8, 4) is 0 Å². The van der Waals surface area contributed by atoms with Gasteiger partial charge in [0.05, 0.1) is 0 Å². The lowest BCUT2D eigenvalue weighted by molar-refractivity contribution is -0.135. The van der Waals surface area contributed by atoms with Crippen molar-refractivity contribution in [2.75, 3.05) is 39.5 Å². The van der Waals surface area contributed by atoms with Crippen LogP contribution in [0.25, 0.3) is 0 Å². The molecule has 1 amide bonds. The average Bonchev–Trinajstić information content (AvgIpc) is 3.23. The van der Waals surface area contributed by atoms with Crippen LogP contribution in [0.5, 0.6) is 0 Å². The molecule has 0 radical (unpaired) electrons. The lowest BCUT2D eigenvalue weighted by Gasteiger charge is -2.18. The van der Waals surface area contributed by atoms with Crippen molar-refractivity contribution in [3.63, 3.8) is 0 Å². The SMILES string of the molecule is CCOCC(=O)N1CCC(Cc2noc(C3CCOCC3)n2)C1. The van der Waals surface area contributed by atoms with Gasteiger partial charge in [-0.15, -0.1) is 0 Å². The van der Waals surface area contributed by atoms with Gasteiger partial charge in [0.1, 0.15) is 6.61 Å². The maximum atomic E-state index is 12.0.